The maximum Gasteiger partial charge on any atom is 0.318 e. The summed E-state index contributed by atoms with van der Waals surface area (Å²) in [6.07, 6.45) is 1.61. The first-order chi connectivity index (χ1) is 6.93. The molecule has 0 atom stereocenters. The van der Waals surface area contributed by atoms with Crippen molar-refractivity contribution < 1.29 is 4.59 Å². The highest BCUT2D eigenvalue weighted by atomic mass is 35.5. The number of nitrogens with one attached hydrogen (secondary N) is 1. The number of benzene rings is 1. The molecule has 0 fully saturated rings. The van der Waals surface area contributed by atoms with Gasteiger partial charge in [-0.1, -0.05) is 34.9 Å². The Morgan fingerprint density at radius 2 is 2.07 bits per heavy atom. The zero-order valence-corrected chi connectivity index (χ0v) is 9.49. The Labute approximate surface area is 94.1 Å². The Hall–Kier alpha value is -1.39. The van der Waals surface area contributed by atoms with Gasteiger partial charge in [-0.3, -0.25) is 0 Å². The molecule has 0 radical (unpaired) electrons. The van der Waals surface area contributed by atoms with Crippen molar-refractivity contribution in [3.63, 3.8) is 0 Å². The van der Waals surface area contributed by atoms with E-state index < -0.39 is 0 Å². The summed E-state index contributed by atoms with van der Waals surface area (Å²) in [7, 11) is 3.44. The monoisotopic (exact) mass is 225 g/mol. The van der Waals surface area contributed by atoms with Gasteiger partial charge in [-0.05, 0) is 6.07 Å². The van der Waals surface area contributed by atoms with E-state index in [4.69, 9.17) is 22.7 Å². The van der Waals surface area contributed by atoms with Crippen LogP contribution in [0.1, 0.15) is 5.56 Å². The maximum absolute atomic E-state index is 7.32. The van der Waals surface area contributed by atoms with Crippen LogP contribution in [-0.2, 0) is 0 Å². The zero-order valence-electron chi connectivity index (χ0n) is 8.74. The van der Waals surface area contributed by atoms with E-state index >= 15 is 0 Å². The van der Waals surface area contributed by atoms with Gasteiger partial charge in [0, 0.05) is 10.6 Å². The zero-order chi connectivity index (χ0) is 11.5. The molecule has 1 rings (SSSR count). The number of nitrogens with zero attached hydrogens (tertiary/aromatic N) is 2. The smallest absolute Gasteiger partial charge is 0.318 e. The Morgan fingerprint density at radius 3 is 2.60 bits per heavy atom. The molecule has 4 nitrogen and oxygen atoms in total. The first-order valence-electron chi connectivity index (χ1n) is 4.42. The Kier molecular flexibility index (Phi) is 3.44. The van der Waals surface area contributed by atoms with Gasteiger partial charge in [0.15, 0.2) is 0 Å². The van der Waals surface area contributed by atoms with Crippen molar-refractivity contribution in [3.8, 4) is 0 Å². The molecular weight excluding hydrogens is 212 g/mol. The molecule has 0 spiro atoms. The van der Waals surface area contributed by atoms with Crippen LogP contribution in [0.2, 0.25) is 5.02 Å². The first kappa shape index (κ1) is 11.7. The summed E-state index contributed by atoms with van der Waals surface area (Å²) in [5.74, 6) is -0.0293. The molecule has 0 heterocycles. The van der Waals surface area contributed by atoms with E-state index in [1.54, 1.807) is 26.4 Å². The second kappa shape index (κ2) is 4.42. The molecule has 3 N–H and O–H groups in total. The van der Waals surface area contributed by atoms with E-state index in [1.165, 1.54) is 0 Å². The van der Waals surface area contributed by atoms with E-state index in [-0.39, 0.29) is 10.6 Å². The fourth-order valence-electron chi connectivity index (χ4n) is 0.849. The van der Waals surface area contributed by atoms with E-state index in [2.05, 4.69) is 5.10 Å². The largest absolute Gasteiger partial charge is 0.336 e. The average Bonchev–Trinajstić information content (AvgIpc) is 2.16. The highest BCUT2D eigenvalue weighted by Crippen LogP contribution is 2.12. The standard InChI is InChI=1S/C10H14ClN4/c1-15(2,10(12)13)14-7-8-5-3-4-6-9(8)11/h3-7H,1-2H3,(H3,12,13)/q+1/b14-7+. The lowest BCUT2D eigenvalue weighted by molar-refractivity contribution is -0.807. The van der Waals surface area contributed by atoms with Crippen LogP contribution in [0.25, 0.3) is 0 Å². The van der Waals surface area contributed by atoms with Gasteiger partial charge in [0.05, 0.1) is 6.21 Å². The number of hydrogen-bond donors (Lipinski definition) is 2. The van der Waals surface area contributed by atoms with Crippen LogP contribution in [0.4, 0.5) is 0 Å². The van der Waals surface area contributed by atoms with Crippen LogP contribution in [0, 0.1) is 5.41 Å². The minimum atomic E-state index is -0.0365. The SMILES string of the molecule is C[N+](C)(/N=C/c1ccccc1Cl)C(=N)N. The third-order valence-corrected chi connectivity index (χ3v) is 2.32. The van der Waals surface area contributed by atoms with Gasteiger partial charge in [0.25, 0.3) is 0 Å². The Balaban J connectivity index is 2.92. The summed E-state index contributed by atoms with van der Waals surface area (Å²) in [6.45, 7) is 0. The van der Waals surface area contributed by atoms with E-state index in [1.807, 2.05) is 18.2 Å². The molecular formula is C10H14ClN4+. The highest BCUT2D eigenvalue weighted by molar-refractivity contribution is 6.33. The number of guanidine groups is 1. The van der Waals surface area contributed by atoms with Crippen LogP contribution in [0.3, 0.4) is 0 Å². The van der Waals surface area contributed by atoms with Crippen LogP contribution in [0.5, 0.6) is 0 Å². The Morgan fingerprint density at radius 1 is 1.47 bits per heavy atom. The van der Waals surface area contributed by atoms with Crippen molar-refractivity contribution >= 4 is 23.8 Å². The molecule has 0 aliphatic heterocycles. The normalized spacial score (nSPS) is 11.9. The van der Waals surface area contributed by atoms with Crippen LogP contribution in [0.15, 0.2) is 29.4 Å². The predicted octanol–water partition coefficient (Wildman–Crippen LogP) is 1.64. The van der Waals surface area contributed by atoms with Crippen LogP contribution >= 0.6 is 11.6 Å². The topological polar surface area (TPSA) is 62.2 Å². The number of nitrogens with two attached hydrogens (primary N) is 1. The summed E-state index contributed by atoms with van der Waals surface area (Å²) < 4.78 is -0.0365. The quantitative estimate of drug-likeness (QED) is 0.342. The van der Waals surface area contributed by atoms with Gasteiger partial charge < -0.3 is 5.73 Å². The molecule has 1 aromatic carbocycles. The Bertz CT molecular complexity index is 398. The highest BCUT2D eigenvalue weighted by Gasteiger charge is 2.17. The van der Waals surface area contributed by atoms with E-state index in [9.17, 15) is 0 Å². The summed E-state index contributed by atoms with van der Waals surface area (Å²) in [5.41, 5.74) is 6.19. The molecule has 0 bridgehead atoms. The molecule has 15 heavy (non-hydrogen) atoms. The molecule has 0 aliphatic rings. The van der Waals surface area contributed by atoms with Crippen LogP contribution in [-0.4, -0.2) is 30.9 Å². The first-order valence-corrected chi connectivity index (χ1v) is 4.80. The third kappa shape index (κ3) is 3.04. The molecule has 0 saturated carbocycles. The molecule has 5 heteroatoms. The lowest BCUT2D eigenvalue weighted by atomic mass is 10.2. The summed E-state index contributed by atoms with van der Waals surface area (Å²) in [5, 5.41) is 12.1. The number of quaternary nitrogens is 1. The predicted molar refractivity (Wildman–Crippen MR) is 63.1 cm³/mol. The maximum atomic E-state index is 7.32. The molecule has 0 aliphatic carbocycles. The van der Waals surface area contributed by atoms with Gasteiger partial charge in [-0.25, -0.2) is 5.41 Å². The molecule has 1 aromatic rings. The number of halogens is 1. The molecule has 0 saturated heterocycles. The van der Waals surface area contributed by atoms with Gasteiger partial charge in [-0.15, -0.1) is 4.59 Å². The van der Waals surface area contributed by atoms with E-state index in [0.717, 1.165) is 5.56 Å². The molecule has 80 valence electrons. The van der Waals surface area contributed by atoms with E-state index in [0.29, 0.717) is 5.02 Å². The lowest BCUT2D eigenvalue weighted by Crippen LogP contribution is -2.45. The van der Waals surface area contributed by atoms with Crippen molar-refractivity contribution in [2.75, 3.05) is 14.1 Å². The van der Waals surface area contributed by atoms with Gasteiger partial charge in [0.1, 0.15) is 14.1 Å². The van der Waals surface area contributed by atoms with Gasteiger partial charge in [0.2, 0.25) is 0 Å². The molecule has 0 amide bonds. The van der Waals surface area contributed by atoms with Crippen LogP contribution < -0.4 is 5.73 Å². The second-order valence-corrected chi connectivity index (χ2v) is 3.95. The minimum Gasteiger partial charge on any atom is -0.336 e. The second-order valence-electron chi connectivity index (χ2n) is 3.55. The molecule has 0 aromatic heterocycles. The summed E-state index contributed by atoms with van der Waals surface area (Å²) >= 11 is 5.95. The summed E-state index contributed by atoms with van der Waals surface area (Å²) in [4.78, 5) is 0. The van der Waals surface area contributed by atoms with Crippen molar-refractivity contribution in [2.24, 2.45) is 10.8 Å². The lowest BCUT2D eigenvalue weighted by Gasteiger charge is -2.18. The van der Waals surface area contributed by atoms with Gasteiger partial charge >= 0.3 is 5.96 Å². The van der Waals surface area contributed by atoms with Crippen molar-refractivity contribution in [3.05, 3.63) is 34.9 Å². The van der Waals surface area contributed by atoms with Crippen molar-refractivity contribution in [1.29, 1.82) is 5.41 Å². The molecule has 0 unspecified atom stereocenters. The van der Waals surface area contributed by atoms with Gasteiger partial charge in [-0.2, -0.15) is 0 Å². The fraction of sp³-hybridized carbons (Fsp3) is 0.200. The fourth-order valence-corrected chi connectivity index (χ4v) is 1.03. The number of hydrogen-bond acceptors (Lipinski definition) is 2. The third-order valence-electron chi connectivity index (χ3n) is 1.98. The number of rotatable bonds is 2. The minimum absolute atomic E-state index is 0.0293. The summed E-state index contributed by atoms with van der Waals surface area (Å²) in [6, 6.07) is 7.37. The van der Waals surface area contributed by atoms with Crippen molar-refractivity contribution in [2.45, 2.75) is 0 Å². The average molecular weight is 226 g/mol. The van der Waals surface area contributed by atoms with Crippen molar-refractivity contribution in [1.82, 2.24) is 0 Å².